The Hall–Kier alpha value is -7.22. The van der Waals surface area contributed by atoms with Gasteiger partial charge in [-0.25, -0.2) is 8.78 Å². The second-order valence-electron chi connectivity index (χ2n) is 31.8. The molecule has 8 aromatic carbocycles. The van der Waals surface area contributed by atoms with Gasteiger partial charge in [-0.2, -0.15) is 5.10 Å². The first-order valence-corrected chi connectivity index (χ1v) is 39.8. The Morgan fingerprint density at radius 1 is 0.438 bits per heavy atom. The molecular weight excluding hydrogens is 1360 g/mol. The minimum atomic E-state index is -0.514. The van der Waals surface area contributed by atoms with Gasteiger partial charge in [0.2, 0.25) is 0 Å². The molecule has 0 saturated heterocycles. The van der Waals surface area contributed by atoms with Gasteiger partial charge in [-0.05, 0) is 246 Å². The van der Waals surface area contributed by atoms with E-state index in [9.17, 15) is 8.78 Å². The smallest absolute Gasteiger partial charge is 0.129 e. The molecule has 1 aliphatic carbocycles. The monoisotopic (exact) mass is 1480 g/mol. The molecule has 0 spiro atoms. The summed E-state index contributed by atoms with van der Waals surface area (Å²) in [5, 5.41) is 8.00. The molecule has 0 fully saturated rings. The minimum absolute atomic E-state index is 0.393. The molecule has 12 rings (SSSR count). The van der Waals surface area contributed by atoms with Crippen molar-refractivity contribution in [2.75, 3.05) is 6.61 Å². The van der Waals surface area contributed by atoms with Gasteiger partial charge in [-0.15, -0.1) is 0 Å². The van der Waals surface area contributed by atoms with Crippen LogP contribution in [0.2, 0.25) is 15.1 Å². The fraction of sp³-hybridized carbons (Fsp3) is 0.427. The van der Waals surface area contributed by atoms with E-state index in [4.69, 9.17) is 39.5 Å². The first-order valence-electron chi connectivity index (χ1n) is 38.7. The molecule has 1 N–H and O–H groups in total. The van der Waals surface area contributed by atoms with E-state index in [1.807, 2.05) is 80.3 Å². The van der Waals surface area contributed by atoms with Crippen LogP contribution in [0, 0.1) is 64.9 Å². The standard InChI is InChI=1S/C13H18O.C13H16.C12H15N.3C10H13Cl.C10H12F2.C10H14.C8H14N2/c1-10(2)9-11-5-3-7-13-12(11)6-4-8-14-13;1-10(2)9-12-7-3-5-11-6-4-8-13(11)12;1-9(2)7-10-8-13-12-6-4-3-5-11(10)12;1-8(2)7-9-3-5-10(11)6-4-9;1-8(2)6-9-4-3-5-10(11)7-9;1-8(2)7-9-5-3-4-6-10(9)11;1-7(2)5-8-3-4-9(11)6-10(8)12;1-9(2)8-10-6-4-3-5-7-10;1-7(2)4-8-5-9-10(3)6-8/h3,5,7,10H,4,6,8-9H2,1-2H3;3-5,7-8,10H,6,9H2,1-2H3;3-6,8-9,13H,7H2,1-2H3;3-6,8H,7H2,1-2H3;3-5,7-8H,6H2,1-2H3;3-6,8H,7H2,1-2H3;3-4,6-7H,5H2,1-2H3;3-7,9H,8H2,1-2H3;5-7H,4H2,1-3H3. The Balaban J connectivity index is 0.000000251. The van der Waals surface area contributed by atoms with Crippen LogP contribution in [0.15, 0.2) is 207 Å². The average Bonchev–Trinajstić information content (AvgIpc) is 1.83. The van der Waals surface area contributed by atoms with Crippen molar-refractivity contribution in [3.8, 4) is 5.75 Å². The molecule has 0 saturated carbocycles. The predicted octanol–water partition coefficient (Wildman–Crippen LogP) is 28.3. The van der Waals surface area contributed by atoms with E-state index >= 15 is 0 Å². The van der Waals surface area contributed by atoms with Gasteiger partial charge in [0.15, 0.2) is 0 Å². The van der Waals surface area contributed by atoms with E-state index in [1.54, 1.807) is 0 Å². The maximum Gasteiger partial charge on any atom is 0.129 e. The zero-order valence-electron chi connectivity index (χ0n) is 67.3. The predicted molar refractivity (Wildman–Crippen MR) is 455 cm³/mol. The number of nitrogens with one attached hydrogen (secondary N) is 1. The van der Waals surface area contributed by atoms with Crippen LogP contribution in [0.5, 0.6) is 5.75 Å². The summed E-state index contributed by atoms with van der Waals surface area (Å²) in [6.07, 6.45) is 24.0. The molecule has 0 unspecified atom stereocenters. The highest BCUT2D eigenvalue weighted by Gasteiger charge is 2.15. The van der Waals surface area contributed by atoms with Gasteiger partial charge in [0.25, 0.3) is 0 Å². The summed E-state index contributed by atoms with van der Waals surface area (Å²) in [6.45, 7) is 40.6. The molecule has 105 heavy (non-hydrogen) atoms. The summed E-state index contributed by atoms with van der Waals surface area (Å²) >= 11 is 17.5. The fourth-order valence-electron chi connectivity index (χ4n) is 12.4. The molecule has 568 valence electrons. The van der Waals surface area contributed by atoms with Gasteiger partial charge in [-0.1, -0.05) is 299 Å². The summed E-state index contributed by atoms with van der Waals surface area (Å²) in [6, 6.07) is 60.1. The molecule has 2 aliphatic rings. The number of aromatic nitrogens is 3. The van der Waals surface area contributed by atoms with Gasteiger partial charge in [0.05, 0.1) is 12.8 Å². The summed E-state index contributed by atoms with van der Waals surface area (Å²) in [4.78, 5) is 3.29. The van der Waals surface area contributed by atoms with Crippen LogP contribution in [0.25, 0.3) is 17.0 Å². The molecule has 3 heterocycles. The Kier molecular flexibility index (Phi) is 42.6. The number of para-hydroxylation sites is 1. The van der Waals surface area contributed by atoms with Crippen molar-refractivity contribution in [3.05, 3.63) is 300 Å². The van der Waals surface area contributed by atoms with Crippen molar-refractivity contribution in [1.82, 2.24) is 14.8 Å². The number of hydrogen-bond donors (Lipinski definition) is 1. The van der Waals surface area contributed by atoms with E-state index in [0.29, 0.717) is 29.7 Å². The molecule has 0 atom stereocenters. The Morgan fingerprint density at radius 3 is 1.52 bits per heavy atom. The zero-order chi connectivity index (χ0) is 77.4. The average molecular weight is 1480 g/mol. The maximum absolute atomic E-state index is 13.0. The summed E-state index contributed by atoms with van der Waals surface area (Å²) in [7, 11) is 1.95. The quantitative estimate of drug-likeness (QED) is 0.0930. The number of ether oxygens (including phenoxy) is 1. The van der Waals surface area contributed by atoms with Crippen molar-refractivity contribution in [2.24, 2.45) is 60.3 Å². The highest BCUT2D eigenvalue weighted by Crippen LogP contribution is 2.30. The Morgan fingerprint density at radius 2 is 0.933 bits per heavy atom. The Labute approximate surface area is 650 Å². The molecule has 10 aromatic rings. The van der Waals surface area contributed by atoms with Crippen molar-refractivity contribution in [3.63, 3.8) is 0 Å². The minimum Gasteiger partial charge on any atom is -0.493 e. The third-order valence-corrected chi connectivity index (χ3v) is 17.6. The van der Waals surface area contributed by atoms with E-state index < -0.39 is 11.6 Å². The summed E-state index contributed by atoms with van der Waals surface area (Å²) in [5.74, 6) is 6.34. The SMILES string of the molecule is CC(C)Cc1c[nH]c2ccccc12.CC(C)Cc1ccc(Cl)cc1.CC(C)Cc1ccc(F)cc1F.CC(C)Cc1cccc(Cl)c1.CC(C)Cc1cccc2c1C=CC2.CC(C)Cc1cccc2c1CCCO2.CC(C)Cc1ccccc1.CC(C)Cc1ccccc1Cl.CC(C)Cc1cnn(C)c1. The third-order valence-electron chi connectivity index (χ3n) is 16.7. The number of rotatable bonds is 18. The molecule has 4 nitrogen and oxygen atoms in total. The largest absolute Gasteiger partial charge is 0.493 e. The van der Waals surface area contributed by atoms with E-state index in [1.165, 1.54) is 116 Å². The number of nitrogens with zero attached hydrogens (tertiary/aromatic N) is 2. The number of benzene rings is 8. The summed E-state index contributed by atoms with van der Waals surface area (Å²) < 4.78 is 32.9. The second-order valence-corrected chi connectivity index (χ2v) is 33.1. The number of halogens is 5. The fourth-order valence-corrected chi connectivity index (χ4v) is 13.0. The maximum atomic E-state index is 13.0. The number of hydrogen-bond acceptors (Lipinski definition) is 2. The molecule has 1 aliphatic heterocycles. The van der Waals surface area contributed by atoms with Crippen LogP contribution in [0.3, 0.4) is 0 Å². The third kappa shape index (κ3) is 38.2. The van der Waals surface area contributed by atoms with Crippen LogP contribution in [-0.2, 0) is 77.7 Å². The van der Waals surface area contributed by atoms with Crippen molar-refractivity contribution in [1.29, 1.82) is 0 Å². The zero-order valence-corrected chi connectivity index (χ0v) is 69.6. The molecular formula is C96H128Cl3F2N3O. The molecule has 0 bridgehead atoms. The lowest BCUT2D eigenvalue weighted by Crippen LogP contribution is -2.11. The number of H-pyrrole nitrogens is 1. The van der Waals surface area contributed by atoms with Crippen LogP contribution < -0.4 is 4.74 Å². The van der Waals surface area contributed by atoms with Crippen LogP contribution in [0.4, 0.5) is 8.78 Å². The topological polar surface area (TPSA) is 42.8 Å². The van der Waals surface area contributed by atoms with E-state index in [2.05, 4.69) is 261 Å². The summed E-state index contributed by atoms with van der Waals surface area (Å²) in [5.41, 5.74) is 17.4. The number of allylic oxidation sites excluding steroid dienone is 1. The number of aromatic amines is 1. The highest BCUT2D eigenvalue weighted by atomic mass is 35.5. The molecule has 9 heteroatoms. The normalized spacial score (nSPS) is 11.7. The Bertz CT molecular complexity index is 4010. The van der Waals surface area contributed by atoms with Crippen molar-refractivity contribution in [2.45, 2.75) is 202 Å². The lowest BCUT2D eigenvalue weighted by atomic mass is 9.94. The van der Waals surface area contributed by atoms with Crippen LogP contribution >= 0.6 is 34.8 Å². The van der Waals surface area contributed by atoms with Gasteiger partial charge in [0.1, 0.15) is 17.4 Å². The van der Waals surface area contributed by atoms with Crippen LogP contribution in [-0.4, -0.2) is 21.4 Å². The number of fused-ring (bicyclic) bond motifs is 3. The van der Waals surface area contributed by atoms with Gasteiger partial charge in [-0.3, -0.25) is 4.68 Å². The first kappa shape index (κ1) is 90.2. The van der Waals surface area contributed by atoms with E-state index in [0.717, 1.165) is 108 Å². The van der Waals surface area contributed by atoms with E-state index in [-0.39, 0.29) is 0 Å². The van der Waals surface area contributed by atoms with Crippen LogP contribution in [0.1, 0.15) is 198 Å². The molecule has 0 radical (unpaired) electrons. The van der Waals surface area contributed by atoms with Gasteiger partial charge in [0, 0.05) is 51.5 Å². The molecule has 2 aromatic heterocycles. The second kappa shape index (κ2) is 49.6. The number of aryl methyl sites for hydroxylation is 1. The first-order chi connectivity index (χ1) is 49.9. The highest BCUT2D eigenvalue weighted by molar-refractivity contribution is 6.31. The lowest BCUT2D eigenvalue weighted by Gasteiger charge is -2.20. The van der Waals surface area contributed by atoms with Gasteiger partial charge >= 0.3 is 0 Å². The van der Waals surface area contributed by atoms with Crippen molar-refractivity contribution < 1.29 is 13.5 Å². The van der Waals surface area contributed by atoms with Crippen molar-refractivity contribution >= 4 is 51.8 Å². The lowest BCUT2D eigenvalue weighted by molar-refractivity contribution is 0.287. The van der Waals surface area contributed by atoms with Gasteiger partial charge < -0.3 is 9.72 Å². The molecule has 0 amide bonds.